The molecule has 1 N–H and O–H groups in total. The molecule has 0 spiro atoms. The largest absolute Gasteiger partial charge is 0.491 e. The molecule has 152 valence electrons. The average Bonchev–Trinajstić information content (AvgIpc) is 2.68. The van der Waals surface area contributed by atoms with Gasteiger partial charge in [0.15, 0.2) is 0 Å². The van der Waals surface area contributed by atoms with Crippen molar-refractivity contribution in [1.29, 1.82) is 0 Å². The van der Waals surface area contributed by atoms with Crippen molar-refractivity contribution in [2.24, 2.45) is 0 Å². The fourth-order valence-corrected chi connectivity index (χ4v) is 3.75. The van der Waals surface area contributed by atoms with Crippen LogP contribution in [-0.4, -0.2) is 60.3 Å². The number of aliphatic hydroxyl groups excluding tert-OH is 1. The number of aliphatic hydroxyl groups is 1. The Balaban J connectivity index is 1.43. The number of hydrogen-bond donors (Lipinski definition) is 1. The average molecular weight is 383 g/mol. The van der Waals surface area contributed by atoms with Crippen molar-refractivity contribution < 1.29 is 9.84 Å². The SMILES string of the molecule is Cc1ccc(C(C)C)c(OC[C@@H](O)CN2CCN(Cc3ccccc3)CC2)c1. The molecule has 28 heavy (non-hydrogen) atoms. The molecule has 1 aliphatic rings. The van der Waals surface area contributed by atoms with Gasteiger partial charge in [0.25, 0.3) is 0 Å². The normalized spacial score (nSPS) is 17.0. The summed E-state index contributed by atoms with van der Waals surface area (Å²) in [6.45, 7) is 12.5. The van der Waals surface area contributed by atoms with Crippen LogP contribution in [0.2, 0.25) is 0 Å². The van der Waals surface area contributed by atoms with Crippen LogP contribution < -0.4 is 4.74 Å². The van der Waals surface area contributed by atoms with Gasteiger partial charge < -0.3 is 9.84 Å². The first-order valence-corrected chi connectivity index (χ1v) is 10.4. The number of rotatable bonds is 8. The lowest BCUT2D eigenvalue weighted by atomic mass is 10.0. The quantitative estimate of drug-likeness (QED) is 0.756. The number of hydrogen-bond acceptors (Lipinski definition) is 4. The molecule has 0 radical (unpaired) electrons. The van der Waals surface area contributed by atoms with Crippen LogP contribution >= 0.6 is 0 Å². The van der Waals surface area contributed by atoms with Crippen molar-refractivity contribution in [2.45, 2.75) is 39.3 Å². The number of aryl methyl sites for hydroxylation is 1. The lowest BCUT2D eigenvalue weighted by molar-refractivity contribution is 0.0443. The molecule has 0 amide bonds. The van der Waals surface area contributed by atoms with Gasteiger partial charge in [-0.05, 0) is 35.6 Å². The second-order valence-corrected chi connectivity index (χ2v) is 8.22. The van der Waals surface area contributed by atoms with E-state index < -0.39 is 6.10 Å². The van der Waals surface area contributed by atoms with Gasteiger partial charge in [0.1, 0.15) is 18.5 Å². The van der Waals surface area contributed by atoms with Gasteiger partial charge in [-0.15, -0.1) is 0 Å². The minimum Gasteiger partial charge on any atom is -0.491 e. The van der Waals surface area contributed by atoms with Gasteiger partial charge in [-0.25, -0.2) is 0 Å². The predicted molar refractivity (Wildman–Crippen MR) is 115 cm³/mol. The van der Waals surface area contributed by atoms with Crippen molar-refractivity contribution in [3.63, 3.8) is 0 Å². The molecule has 2 aromatic carbocycles. The lowest BCUT2D eigenvalue weighted by Crippen LogP contribution is -2.48. The maximum atomic E-state index is 10.5. The minimum absolute atomic E-state index is 0.341. The van der Waals surface area contributed by atoms with E-state index in [1.54, 1.807) is 0 Å². The van der Waals surface area contributed by atoms with Crippen LogP contribution in [0.25, 0.3) is 0 Å². The van der Waals surface area contributed by atoms with Crippen molar-refractivity contribution >= 4 is 0 Å². The molecule has 3 rings (SSSR count). The predicted octanol–water partition coefficient (Wildman–Crippen LogP) is 3.68. The van der Waals surface area contributed by atoms with Gasteiger partial charge in [0, 0.05) is 39.3 Å². The van der Waals surface area contributed by atoms with Gasteiger partial charge in [0.05, 0.1) is 0 Å². The van der Waals surface area contributed by atoms with Crippen LogP contribution in [0, 0.1) is 6.92 Å². The summed E-state index contributed by atoms with van der Waals surface area (Å²) in [5, 5.41) is 10.5. The van der Waals surface area contributed by atoms with Gasteiger partial charge in [-0.3, -0.25) is 9.80 Å². The first-order valence-electron chi connectivity index (χ1n) is 10.4. The second-order valence-electron chi connectivity index (χ2n) is 8.22. The molecule has 4 nitrogen and oxygen atoms in total. The van der Waals surface area contributed by atoms with E-state index in [9.17, 15) is 5.11 Å². The highest BCUT2D eigenvalue weighted by atomic mass is 16.5. The smallest absolute Gasteiger partial charge is 0.123 e. The monoisotopic (exact) mass is 382 g/mol. The highest BCUT2D eigenvalue weighted by Crippen LogP contribution is 2.27. The van der Waals surface area contributed by atoms with Crippen molar-refractivity contribution in [2.75, 3.05) is 39.3 Å². The van der Waals surface area contributed by atoms with E-state index in [0.717, 1.165) is 38.5 Å². The van der Waals surface area contributed by atoms with Crippen LogP contribution in [0.5, 0.6) is 5.75 Å². The fourth-order valence-electron chi connectivity index (χ4n) is 3.75. The van der Waals surface area contributed by atoms with Crippen LogP contribution in [0.4, 0.5) is 0 Å². The lowest BCUT2D eigenvalue weighted by Gasteiger charge is -2.35. The minimum atomic E-state index is -0.471. The first-order chi connectivity index (χ1) is 13.5. The molecule has 1 heterocycles. The van der Waals surface area contributed by atoms with E-state index in [2.05, 4.69) is 79.1 Å². The Labute approximate surface area is 169 Å². The Kier molecular flexibility index (Phi) is 7.49. The van der Waals surface area contributed by atoms with E-state index in [-0.39, 0.29) is 0 Å². The van der Waals surface area contributed by atoms with Gasteiger partial charge >= 0.3 is 0 Å². The van der Waals surface area contributed by atoms with Gasteiger partial charge in [-0.1, -0.05) is 56.3 Å². The number of piperazine rings is 1. The molecule has 2 aromatic rings. The summed E-state index contributed by atoms with van der Waals surface area (Å²) >= 11 is 0. The highest BCUT2D eigenvalue weighted by Gasteiger charge is 2.20. The third-order valence-corrected chi connectivity index (χ3v) is 5.41. The summed E-state index contributed by atoms with van der Waals surface area (Å²) in [6.07, 6.45) is -0.471. The van der Waals surface area contributed by atoms with Crippen LogP contribution in [0.1, 0.15) is 36.5 Å². The van der Waals surface area contributed by atoms with Crippen molar-refractivity contribution in [3.05, 3.63) is 65.2 Å². The third-order valence-electron chi connectivity index (χ3n) is 5.41. The molecule has 1 saturated heterocycles. The maximum absolute atomic E-state index is 10.5. The molecule has 4 heteroatoms. The Bertz CT molecular complexity index is 725. The van der Waals surface area contributed by atoms with Crippen molar-refractivity contribution in [3.8, 4) is 5.75 Å². The molecule has 0 bridgehead atoms. The molecule has 1 atom stereocenters. The zero-order chi connectivity index (χ0) is 19.9. The molecular weight excluding hydrogens is 348 g/mol. The molecule has 0 aromatic heterocycles. The topological polar surface area (TPSA) is 35.9 Å². The van der Waals surface area contributed by atoms with Gasteiger partial charge in [0.2, 0.25) is 0 Å². The summed E-state index contributed by atoms with van der Waals surface area (Å²) in [4.78, 5) is 4.82. The Hall–Kier alpha value is -1.88. The van der Waals surface area contributed by atoms with Crippen LogP contribution in [0.3, 0.4) is 0 Å². The van der Waals surface area contributed by atoms with E-state index in [1.807, 2.05) is 0 Å². The maximum Gasteiger partial charge on any atom is 0.123 e. The number of benzene rings is 2. The molecular formula is C24H34N2O2. The highest BCUT2D eigenvalue weighted by molar-refractivity contribution is 5.39. The summed E-state index contributed by atoms with van der Waals surface area (Å²) in [5.74, 6) is 1.31. The number of nitrogens with zero attached hydrogens (tertiary/aromatic N) is 2. The van der Waals surface area contributed by atoms with E-state index in [0.29, 0.717) is 19.1 Å². The van der Waals surface area contributed by atoms with Gasteiger partial charge in [-0.2, -0.15) is 0 Å². The zero-order valence-electron chi connectivity index (χ0n) is 17.5. The summed E-state index contributed by atoms with van der Waals surface area (Å²) in [7, 11) is 0. The molecule has 1 fully saturated rings. The standard InChI is InChI=1S/C24H34N2O2/c1-19(2)23-10-9-20(3)15-24(23)28-18-22(27)17-26-13-11-25(12-14-26)16-21-7-5-4-6-8-21/h4-10,15,19,22,27H,11-14,16-18H2,1-3H3/t22-/m0/s1. The van der Waals surface area contributed by atoms with E-state index in [1.165, 1.54) is 16.7 Å². The summed E-state index contributed by atoms with van der Waals surface area (Å²) < 4.78 is 6.00. The fraction of sp³-hybridized carbons (Fsp3) is 0.500. The molecule has 1 aliphatic heterocycles. The first kappa shape index (κ1) is 20.8. The number of ether oxygens (including phenoxy) is 1. The second kappa shape index (κ2) is 10.1. The van der Waals surface area contributed by atoms with E-state index in [4.69, 9.17) is 4.74 Å². The summed E-state index contributed by atoms with van der Waals surface area (Å²) in [5.41, 5.74) is 3.75. The Morgan fingerprint density at radius 3 is 2.32 bits per heavy atom. The Morgan fingerprint density at radius 2 is 1.64 bits per heavy atom. The molecule has 0 aliphatic carbocycles. The third kappa shape index (κ3) is 6.06. The zero-order valence-corrected chi connectivity index (χ0v) is 17.5. The number of β-amino-alcohol motifs (C(OH)–C–C–N with tert-alkyl or cyclic N) is 1. The van der Waals surface area contributed by atoms with Crippen molar-refractivity contribution in [1.82, 2.24) is 9.80 Å². The summed E-state index contributed by atoms with van der Waals surface area (Å²) in [6, 6.07) is 17.0. The molecule has 0 unspecified atom stereocenters. The molecule has 0 saturated carbocycles. The van der Waals surface area contributed by atoms with Crippen LogP contribution in [-0.2, 0) is 6.54 Å². The Morgan fingerprint density at radius 1 is 0.964 bits per heavy atom. The van der Waals surface area contributed by atoms with Crippen LogP contribution in [0.15, 0.2) is 48.5 Å². The van der Waals surface area contributed by atoms with E-state index >= 15 is 0 Å².